The Kier molecular flexibility index (Phi) is 5.49. The zero-order valence-electron chi connectivity index (χ0n) is 13.2. The van der Waals surface area contributed by atoms with Crippen molar-refractivity contribution in [2.45, 2.75) is 31.7 Å². The van der Waals surface area contributed by atoms with Crippen LogP contribution in [0.5, 0.6) is 0 Å². The van der Waals surface area contributed by atoms with Crippen LogP contribution in [0, 0.1) is 5.82 Å². The van der Waals surface area contributed by atoms with Gasteiger partial charge in [-0.25, -0.2) is 4.39 Å². The normalized spacial score (nSPS) is 22.3. The van der Waals surface area contributed by atoms with Gasteiger partial charge in [0.05, 0.1) is 0 Å². The minimum atomic E-state index is -0.321. The van der Waals surface area contributed by atoms with Crippen molar-refractivity contribution in [1.29, 1.82) is 0 Å². The second-order valence-corrected chi connectivity index (χ2v) is 7.25. The highest BCUT2D eigenvalue weighted by atomic mass is 79.9. The summed E-state index contributed by atoms with van der Waals surface area (Å²) in [5.41, 5.74) is 0.442. The number of likely N-dealkylation sites (tertiary alicyclic amines) is 2. The fourth-order valence-electron chi connectivity index (χ4n) is 3.47. The van der Waals surface area contributed by atoms with Gasteiger partial charge in [0.25, 0.3) is 0 Å². The van der Waals surface area contributed by atoms with E-state index < -0.39 is 0 Å². The van der Waals surface area contributed by atoms with E-state index in [0.29, 0.717) is 16.1 Å². The second kappa shape index (κ2) is 7.58. The van der Waals surface area contributed by atoms with E-state index in [1.165, 1.54) is 25.0 Å². The molecule has 3 rings (SSSR count). The predicted octanol–water partition coefficient (Wildman–Crippen LogP) is 3.69. The first-order chi connectivity index (χ1) is 11.1. The first kappa shape index (κ1) is 16.7. The Bertz CT molecular complexity index is 599. The van der Waals surface area contributed by atoms with Gasteiger partial charge in [0.2, 0.25) is 5.91 Å². The first-order valence-electron chi connectivity index (χ1n) is 8.29. The zero-order chi connectivity index (χ0) is 16.2. The van der Waals surface area contributed by atoms with Crippen molar-refractivity contribution in [3.63, 3.8) is 0 Å². The lowest BCUT2D eigenvalue weighted by Crippen LogP contribution is -2.41. The topological polar surface area (TPSA) is 23.6 Å². The van der Waals surface area contributed by atoms with Crippen LogP contribution in [0.4, 0.5) is 4.39 Å². The van der Waals surface area contributed by atoms with Crippen LogP contribution in [0.1, 0.15) is 31.2 Å². The smallest absolute Gasteiger partial charge is 0.246 e. The molecule has 2 saturated heterocycles. The summed E-state index contributed by atoms with van der Waals surface area (Å²) >= 11 is 3.24. The molecule has 0 aromatic heterocycles. The molecule has 5 heteroatoms. The van der Waals surface area contributed by atoms with Crippen molar-refractivity contribution in [3.05, 3.63) is 40.1 Å². The maximum Gasteiger partial charge on any atom is 0.246 e. The summed E-state index contributed by atoms with van der Waals surface area (Å²) < 4.78 is 14.5. The van der Waals surface area contributed by atoms with Crippen LogP contribution in [-0.4, -0.2) is 47.9 Å². The van der Waals surface area contributed by atoms with Crippen LogP contribution in [0.3, 0.4) is 0 Å². The number of hydrogen-bond acceptors (Lipinski definition) is 2. The van der Waals surface area contributed by atoms with Crippen molar-refractivity contribution >= 4 is 27.9 Å². The van der Waals surface area contributed by atoms with E-state index in [4.69, 9.17) is 0 Å². The van der Waals surface area contributed by atoms with Gasteiger partial charge < -0.3 is 9.80 Å². The number of hydrogen-bond donors (Lipinski definition) is 0. The van der Waals surface area contributed by atoms with Crippen molar-refractivity contribution < 1.29 is 9.18 Å². The highest BCUT2D eigenvalue weighted by Gasteiger charge is 2.29. The third kappa shape index (κ3) is 4.21. The average Bonchev–Trinajstić information content (AvgIpc) is 3.18. The van der Waals surface area contributed by atoms with E-state index >= 15 is 0 Å². The Hall–Kier alpha value is -1.20. The SMILES string of the molecule is O=C(C=Cc1ccc(Br)cc1F)N1CCC[C@H]1CN1CCCC1. The molecule has 0 N–H and O–H groups in total. The lowest BCUT2D eigenvalue weighted by molar-refractivity contribution is -0.127. The summed E-state index contributed by atoms with van der Waals surface area (Å²) in [5.74, 6) is -0.326. The monoisotopic (exact) mass is 380 g/mol. The summed E-state index contributed by atoms with van der Waals surface area (Å²) in [6, 6.07) is 5.17. The summed E-state index contributed by atoms with van der Waals surface area (Å²) in [4.78, 5) is 16.9. The molecule has 2 aliphatic rings. The van der Waals surface area contributed by atoms with E-state index in [2.05, 4.69) is 20.8 Å². The fourth-order valence-corrected chi connectivity index (χ4v) is 3.81. The Morgan fingerprint density at radius 1 is 1.26 bits per heavy atom. The summed E-state index contributed by atoms with van der Waals surface area (Å²) in [5, 5.41) is 0. The third-order valence-corrected chi connectivity index (χ3v) is 5.19. The Labute approximate surface area is 145 Å². The molecule has 0 unspecified atom stereocenters. The van der Waals surface area contributed by atoms with Gasteiger partial charge >= 0.3 is 0 Å². The Balaban J connectivity index is 1.63. The third-order valence-electron chi connectivity index (χ3n) is 4.70. The lowest BCUT2D eigenvalue weighted by Gasteiger charge is -2.27. The van der Waals surface area contributed by atoms with Crippen molar-refractivity contribution in [3.8, 4) is 0 Å². The van der Waals surface area contributed by atoms with Crippen molar-refractivity contribution in [2.24, 2.45) is 0 Å². The minimum absolute atomic E-state index is 0.00554. The van der Waals surface area contributed by atoms with E-state index in [1.807, 2.05) is 4.90 Å². The Morgan fingerprint density at radius 2 is 2.04 bits per heavy atom. The molecular formula is C18H22BrFN2O. The van der Waals surface area contributed by atoms with Crippen molar-refractivity contribution in [2.75, 3.05) is 26.2 Å². The average molecular weight is 381 g/mol. The molecule has 124 valence electrons. The molecule has 2 heterocycles. The number of halogens is 2. The van der Waals surface area contributed by atoms with Crippen LogP contribution in [0.25, 0.3) is 6.08 Å². The molecule has 2 fully saturated rings. The standard InChI is InChI=1S/C18H22BrFN2O/c19-15-7-5-14(17(20)12-15)6-8-18(23)22-11-3-4-16(22)13-21-9-1-2-10-21/h5-8,12,16H,1-4,9-11,13H2/t16-/m0/s1. The van der Waals surface area contributed by atoms with Crippen molar-refractivity contribution in [1.82, 2.24) is 9.80 Å². The first-order valence-corrected chi connectivity index (χ1v) is 9.09. The Morgan fingerprint density at radius 3 is 2.78 bits per heavy atom. The predicted molar refractivity (Wildman–Crippen MR) is 93.5 cm³/mol. The molecule has 0 radical (unpaired) electrons. The van der Waals surface area contributed by atoms with E-state index in [9.17, 15) is 9.18 Å². The molecule has 1 aromatic rings. The van der Waals surface area contributed by atoms with Gasteiger partial charge in [-0.3, -0.25) is 4.79 Å². The molecular weight excluding hydrogens is 359 g/mol. The van der Waals surface area contributed by atoms with Crippen LogP contribution in [-0.2, 0) is 4.79 Å². The van der Waals surface area contributed by atoms with Crippen LogP contribution in [0.2, 0.25) is 0 Å². The van der Waals surface area contributed by atoms with Crippen LogP contribution >= 0.6 is 15.9 Å². The maximum absolute atomic E-state index is 13.8. The molecule has 0 bridgehead atoms. The lowest BCUT2D eigenvalue weighted by atomic mass is 10.2. The summed E-state index contributed by atoms with van der Waals surface area (Å²) in [7, 11) is 0. The van der Waals surface area contributed by atoms with E-state index in [1.54, 1.807) is 18.2 Å². The van der Waals surface area contributed by atoms with Gasteiger partial charge in [0.15, 0.2) is 0 Å². The number of benzene rings is 1. The maximum atomic E-state index is 13.8. The highest BCUT2D eigenvalue weighted by Crippen LogP contribution is 2.21. The van der Waals surface area contributed by atoms with Crippen LogP contribution in [0.15, 0.2) is 28.7 Å². The van der Waals surface area contributed by atoms with Gasteiger partial charge in [0.1, 0.15) is 5.82 Å². The molecule has 0 spiro atoms. The van der Waals surface area contributed by atoms with Gasteiger partial charge in [-0.05, 0) is 57.0 Å². The number of carbonyl (C=O) groups excluding carboxylic acids is 1. The number of amides is 1. The van der Waals surface area contributed by atoms with E-state index in [0.717, 1.165) is 39.0 Å². The van der Waals surface area contributed by atoms with Gasteiger partial charge in [0, 0.05) is 35.2 Å². The highest BCUT2D eigenvalue weighted by molar-refractivity contribution is 9.10. The zero-order valence-corrected chi connectivity index (χ0v) is 14.8. The quantitative estimate of drug-likeness (QED) is 0.743. The minimum Gasteiger partial charge on any atom is -0.335 e. The van der Waals surface area contributed by atoms with Crippen LogP contribution < -0.4 is 0 Å². The molecule has 2 aliphatic heterocycles. The van der Waals surface area contributed by atoms with Gasteiger partial charge in [-0.2, -0.15) is 0 Å². The number of nitrogens with zero attached hydrogens (tertiary/aromatic N) is 2. The molecule has 1 atom stereocenters. The largest absolute Gasteiger partial charge is 0.335 e. The number of rotatable bonds is 4. The van der Waals surface area contributed by atoms with Gasteiger partial charge in [-0.15, -0.1) is 0 Å². The molecule has 0 aliphatic carbocycles. The summed E-state index contributed by atoms with van der Waals surface area (Å²) in [6.45, 7) is 4.09. The van der Waals surface area contributed by atoms with Gasteiger partial charge in [-0.1, -0.05) is 22.0 Å². The molecule has 23 heavy (non-hydrogen) atoms. The molecule has 1 aromatic carbocycles. The summed E-state index contributed by atoms with van der Waals surface area (Å²) in [6.07, 6.45) is 7.75. The number of carbonyl (C=O) groups is 1. The second-order valence-electron chi connectivity index (χ2n) is 6.33. The molecule has 3 nitrogen and oxygen atoms in total. The molecule has 0 saturated carbocycles. The fraction of sp³-hybridized carbons (Fsp3) is 0.500. The van der Waals surface area contributed by atoms with E-state index in [-0.39, 0.29) is 11.7 Å². The molecule has 1 amide bonds.